The number of nitriles is 1. The van der Waals surface area contributed by atoms with Crippen LogP contribution in [0.25, 0.3) is 10.9 Å². The summed E-state index contributed by atoms with van der Waals surface area (Å²) in [6.07, 6.45) is 9.60. The molecule has 15 heteroatoms. The second-order valence-electron chi connectivity index (χ2n) is 15.1. The maximum Gasteiger partial charge on any atom is 0.328 e. The molecule has 4 aliphatic rings. The van der Waals surface area contributed by atoms with Gasteiger partial charge in [-0.25, -0.2) is 4.79 Å². The van der Waals surface area contributed by atoms with E-state index in [2.05, 4.69) is 47.4 Å². The number of nitrogens with zero attached hydrogens (tertiary/aromatic N) is 8. The Morgan fingerprint density at radius 2 is 1.82 bits per heavy atom. The number of carbonyl (C=O) groups excluding carboxylic acids is 3. The highest BCUT2D eigenvalue weighted by Gasteiger charge is 2.30. The number of halogens is 1. The molecule has 8 rings (SSSR count). The summed E-state index contributed by atoms with van der Waals surface area (Å²) in [5.74, 6) is 1.51. The van der Waals surface area contributed by atoms with E-state index in [1.165, 1.54) is 6.42 Å². The molecule has 286 valence electrons. The third-order valence-corrected chi connectivity index (χ3v) is 11.8. The van der Waals surface area contributed by atoms with Gasteiger partial charge in [0.1, 0.15) is 11.8 Å². The molecule has 3 aliphatic heterocycles. The van der Waals surface area contributed by atoms with Gasteiger partial charge in [-0.1, -0.05) is 17.7 Å². The number of hydrogen-bond donors (Lipinski definition) is 2. The zero-order valence-electron chi connectivity index (χ0n) is 30.7. The zero-order chi connectivity index (χ0) is 37.9. The van der Waals surface area contributed by atoms with Crippen LogP contribution in [-0.2, 0) is 4.79 Å². The van der Waals surface area contributed by atoms with Crippen molar-refractivity contribution >= 4 is 51.9 Å². The summed E-state index contributed by atoms with van der Waals surface area (Å²) >= 11 is 6.16. The van der Waals surface area contributed by atoms with Crippen molar-refractivity contribution in [2.24, 2.45) is 5.92 Å². The van der Waals surface area contributed by atoms with Crippen molar-refractivity contribution in [2.45, 2.75) is 76.0 Å². The number of urea groups is 1. The van der Waals surface area contributed by atoms with E-state index in [1.807, 2.05) is 24.4 Å². The van der Waals surface area contributed by atoms with Crippen molar-refractivity contribution in [2.75, 3.05) is 49.1 Å². The molecule has 1 aliphatic carbocycles. The molecule has 4 fully saturated rings. The van der Waals surface area contributed by atoms with Crippen molar-refractivity contribution in [3.8, 4) is 11.8 Å². The van der Waals surface area contributed by atoms with E-state index in [0.717, 1.165) is 100 Å². The van der Waals surface area contributed by atoms with E-state index in [-0.39, 0.29) is 42.5 Å². The summed E-state index contributed by atoms with van der Waals surface area (Å²) in [7, 11) is 0. The van der Waals surface area contributed by atoms with E-state index in [9.17, 15) is 14.4 Å². The lowest BCUT2D eigenvalue weighted by Gasteiger charge is -2.38. The van der Waals surface area contributed by atoms with Gasteiger partial charge in [0.15, 0.2) is 11.5 Å². The molecule has 55 heavy (non-hydrogen) atoms. The number of nitrogens with one attached hydrogen (secondary N) is 2. The van der Waals surface area contributed by atoms with Gasteiger partial charge in [0, 0.05) is 63.2 Å². The van der Waals surface area contributed by atoms with E-state index in [4.69, 9.17) is 26.7 Å². The van der Waals surface area contributed by atoms with Crippen LogP contribution in [0.3, 0.4) is 0 Å². The maximum atomic E-state index is 13.1. The topological polar surface area (TPSA) is 162 Å². The molecule has 0 radical (unpaired) electrons. The van der Waals surface area contributed by atoms with Crippen LogP contribution >= 0.6 is 11.6 Å². The van der Waals surface area contributed by atoms with Crippen LogP contribution in [0.2, 0.25) is 5.02 Å². The first-order chi connectivity index (χ1) is 26.8. The Labute approximate surface area is 324 Å². The number of ether oxygens (including phenoxy) is 1. The number of likely N-dealkylation sites (tertiary alicyclic amines) is 1. The fourth-order valence-electron chi connectivity index (χ4n) is 8.56. The lowest BCUT2D eigenvalue weighted by molar-refractivity contribution is -0.120. The van der Waals surface area contributed by atoms with Gasteiger partial charge in [-0.15, -0.1) is 10.2 Å². The molecule has 3 saturated heterocycles. The Kier molecular flexibility index (Phi) is 10.8. The van der Waals surface area contributed by atoms with Crippen molar-refractivity contribution in [3.63, 3.8) is 0 Å². The number of piperidine rings is 2. The van der Waals surface area contributed by atoms with Crippen LogP contribution in [0, 0.1) is 17.2 Å². The van der Waals surface area contributed by atoms with Gasteiger partial charge in [-0.2, -0.15) is 10.4 Å². The Hall–Kier alpha value is -5.26. The third-order valence-electron chi connectivity index (χ3n) is 11.5. The number of fused-ring (bicyclic) bond motifs is 1. The quantitative estimate of drug-likeness (QED) is 0.224. The minimum absolute atomic E-state index is 0.0293. The van der Waals surface area contributed by atoms with E-state index in [0.29, 0.717) is 34.5 Å². The van der Waals surface area contributed by atoms with Gasteiger partial charge in [0.05, 0.1) is 40.1 Å². The predicted octanol–water partition coefficient (Wildman–Crippen LogP) is 5.47. The Morgan fingerprint density at radius 3 is 2.56 bits per heavy atom. The average Bonchev–Trinajstić information content (AvgIpc) is 3.64. The molecule has 0 unspecified atom stereocenters. The molecular formula is C40H45ClN10O4. The van der Waals surface area contributed by atoms with Crippen LogP contribution in [-0.4, -0.2) is 94.1 Å². The number of aromatic nitrogens is 4. The molecule has 4 aromatic rings. The minimum atomic E-state index is -0.385. The molecular weight excluding hydrogens is 720 g/mol. The smallest absolute Gasteiger partial charge is 0.328 e. The normalized spacial score (nSPS) is 22.7. The van der Waals surface area contributed by atoms with Crippen LogP contribution < -0.4 is 25.2 Å². The number of hydrogen-bond acceptors (Lipinski definition) is 10. The highest BCUT2D eigenvalue weighted by molar-refractivity contribution is 6.31. The molecule has 0 bridgehead atoms. The first-order valence-electron chi connectivity index (χ1n) is 19.4. The number of imide groups is 1. The average molecular weight is 765 g/mol. The van der Waals surface area contributed by atoms with Gasteiger partial charge >= 0.3 is 6.03 Å². The van der Waals surface area contributed by atoms with Crippen LogP contribution in [0.5, 0.6) is 5.75 Å². The van der Waals surface area contributed by atoms with Gasteiger partial charge in [-0.3, -0.25) is 24.5 Å². The molecule has 1 saturated carbocycles. The number of carbonyl (C=O) groups is 3. The lowest BCUT2D eigenvalue weighted by atomic mass is 9.92. The Morgan fingerprint density at radius 1 is 0.982 bits per heavy atom. The van der Waals surface area contributed by atoms with Crippen molar-refractivity contribution in [1.29, 1.82) is 5.26 Å². The van der Waals surface area contributed by atoms with E-state index >= 15 is 0 Å². The van der Waals surface area contributed by atoms with E-state index < -0.39 is 0 Å². The number of rotatable bonds is 9. The molecule has 2 N–H and O–H groups in total. The molecule has 2 aromatic heterocycles. The summed E-state index contributed by atoms with van der Waals surface area (Å²) < 4.78 is 8.21. The number of amides is 4. The second kappa shape index (κ2) is 16.2. The zero-order valence-corrected chi connectivity index (χ0v) is 31.5. The van der Waals surface area contributed by atoms with Crippen molar-refractivity contribution < 1.29 is 19.1 Å². The Bertz CT molecular complexity index is 2090. The predicted molar refractivity (Wildman–Crippen MR) is 207 cm³/mol. The van der Waals surface area contributed by atoms with Gasteiger partial charge < -0.3 is 19.9 Å². The summed E-state index contributed by atoms with van der Waals surface area (Å²) in [4.78, 5) is 43.8. The molecule has 1 atom stereocenters. The van der Waals surface area contributed by atoms with E-state index in [1.54, 1.807) is 29.2 Å². The van der Waals surface area contributed by atoms with Crippen LogP contribution in [0.15, 0.2) is 54.7 Å². The number of anilines is 2. The van der Waals surface area contributed by atoms with Crippen LogP contribution in [0.4, 0.5) is 16.3 Å². The van der Waals surface area contributed by atoms with Gasteiger partial charge in [0.2, 0.25) is 5.91 Å². The fraction of sp³-hybridized carbons (Fsp3) is 0.475. The van der Waals surface area contributed by atoms with Crippen molar-refractivity contribution in [1.82, 2.24) is 35.5 Å². The highest BCUT2D eigenvalue weighted by atomic mass is 35.5. The van der Waals surface area contributed by atoms with Crippen molar-refractivity contribution in [3.05, 3.63) is 71.0 Å². The summed E-state index contributed by atoms with van der Waals surface area (Å²) in [5.41, 5.74) is 2.53. The third kappa shape index (κ3) is 8.23. The first-order valence-corrected chi connectivity index (χ1v) is 19.7. The molecule has 2 aromatic carbocycles. The van der Waals surface area contributed by atoms with Gasteiger partial charge in [0.25, 0.3) is 5.91 Å². The summed E-state index contributed by atoms with van der Waals surface area (Å²) in [5, 5.41) is 29.5. The SMILES string of the molecule is N#Cc1ccc(O[C@H]2CC[C@H](NC(=O)c3ccc(N4CCC[C@@H](CN5CCC(n6ncc7c(N8CCC(=O)NC8=O)cccc76)CC5)C4)nn3)CC2)cc1Cl. The first kappa shape index (κ1) is 36.7. The highest BCUT2D eigenvalue weighted by Crippen LogP contribution is 2.33. The molecule has 5 heterocycles. The van der Waals surface area contributed by atoms with Crippen LogP contribution in [0.1, 0.15) is 79.9 Å². The van der Waals surface area contributed by atoms with Gasteiger partial charge in [-0.05, 0) is 93.7 Å². The Balaban J connectivity index is 0.791. The largest absolute Gasteiger partial charge is 0.490 e. The molecule has 0 spiro atoms. The molecule has 4 amide bonds. The number of benzene rings is 2. The summed E-state index contributed by atoms with van der Waals surface area (Å²) in [6.45, 7) is 5.19. The lowest BCUT2D eigenvalue weighted by Crippen LogP contribution is -2.49. The standard InChI is InChI=1S/C40H45ClN10O4/c41-33-21-31(9-6-27(33)22-42)55-30-10-7-28(8-11-30)44-39(53)34-12-13-37(47-46-34)49-17-2-3-26(25-49)24-48-18-14-29(15-19-48)51-36-5-1-4-35(32(36)23-43-51)50-20-16-38(52)45-40(50)54/h1,4-6,9,12-13,21,23,26,28-30H,2-3,7-8,10-11,14-20,24-25H2,(H,44,53)(H,45,52,54)/t26-,28-,30-/m0/s1. The minimum Gasteiger partial charge on any atom is -0.490 e. The summed E-state index contributed by atoms with van der Waals surface area (Å²) in [6, 6.07) is 16.7. The maximum absolute atomic E-state index is 13.1. The fourth-order valence-corrected chi connectivity index (χ4v) is 8.77. The second-order valence-corrected chi connectivity index (χ2v) is 15.5. The monoisotopic (exact) mass is 764 g/mol. The molecule has 14 nitrogen and oxygen atoms in total.